The summed E-state index contributed by atoms with van der Waals surface area (Å²) < 4.78 is 4.59. The molecule has 0 aromatic rings. The van der Waals surface area contributed by atoms with Crippen molar-refractivity contribution in [2.24, 2.45) is 11.8 Å². The number of hydrogen-bond acceptors (Lipinski definition) is 4. The van der Waals surface area contributed by atoms with Crippen molar-refractivity contribution in [3.05, 3.63) is 0 Å². The van der Waals surface area contributed by atoms with Gasteiger partial charge in [-0.1, -0.05) is 32.6 Å². The molecule has 0 saturated heterocycles. The van der Waals surface area contributed by atoms with Crippen LogP contribution < -0.4 is 0 Å². The van der Waals surface area contributed by atoms with Gasteiger partial charge < -0.3 is 9.84 Å². The van der Waals surface area contributed by atoms with E-state index in [0.717, 1.165) is 44.9 Å². The highest BCUT2D eigenvalue weighted by Gasteiger charge is 2.38. The number of aliphatic hydroxyl groups excluding tert-OH is 1. The van der Waals surface area contributed by atoms with Gasteiger partial charge in [-0.25, -0.2) is 0 Å². The molecule has 1 N–H and O–H groups in total. The van der Waals surface area contributed by atoms with E-state index < -0.39 is 6.10 Å². The number of hydrogen-bond donors (Lipinski definition) is 1. The van der Waals surface area contributed by atoms with Gasteiger partial charge in [-0.05, 0) is 31.6 Å². The Morgan fingerprint density at radius 1 is 1.33 bits per heavy atom. The van der Waals surface area contributed by atoms with Crippen LogP contribution in [0.2, 0.25) is 0 Å². The van der Waals surface area contributed by atoms with Gasteiger partial charge in [0.25, 0.3) is 0 Å². The van der Waals surface area contributed by atoms with Crippen molar-refractivity contribution in [1.82, 2.24) is 0 Å². The molecular formula is C17H30O4. The number of carbonyl (C=O) groups is 2. The standard InChI is InChI=1S/C17H30O4/c1-3-4-8-13-11-12-15(19)17(13)14(18)9-6-5-7-10-16(20)21-2/h13-14,17-18H,3-12H2,1-2H3. The molecule has 0 aromatic heterocycles. The van der Waals surface area contributed by atoms with Crippen molar-refractivity contribution in [2.75, 3.05) is 7.11 Å². The van der Waals surface area contributed by atoms with E-state index in [1.54, 1.807) is 0 Å². The third-order valence-electron chi connectivity index (χ3n) is 4.59. The van der Waals surface area contributed by atoms with Gasteiger partial charge in [0.2, 0.25) is 0 Å². The SMILES string of the molecule is CCCCC1CCC(=O)C1C(O)CCCCCC(=O)OC. The van der Waals surface area contributed by atoms with Crippen LogP contribution in [0.4, 0.5) is 0 Å². The molecule has 3 atom stereocenters. The minimum Gasteiger partial charge on any atom is -0.469 e. The van der Waals surface area contributed by atoms with Crippen LogP contribution in [0.25, 0.3) is 0 Å². The zero-order valence-corrected chi connectivity index (χ0v) is 13.5. The number of esters is 1. The van der Waals surface area contributed by atoms with E-state index in [0.29, 0.717) is 25.2 Å². The van der Waals surface area contributed by atoms with Gasteiger partial charge in [-0.3, -0.25) is 9.59 Å². The largest absolute Gasteiger partial charge is 0.469 e. The first-order valence-electron chi connectivity index (χ1n) is 8.37. The summed E-state index contributed by atoms with van der Waals surface area (Å²) in [5, 5.41) is 10.3. The van der Waals surface area contributed by atoms with Crippen molar-refractivity contribution in [2.45, 2.75) is 77.2 Å². The number of Topliss-reactive ketones (excluding diaryl/α,β-unsaturated/α-hetero) is 1. The van der Waals surface area contributed by atoms with Crippen molar-refractivity contribution in [3.8, 4) is 0 Å². The molecule has 1 aliphatic rings. The number of ketones is 1. The first-order chi connectivity index (χ1) is 10.1. The molecule has 4 nitrogen and oxygen atoms in total. The summed E-state index contributed by atoms with van der Waals surface area (Å²) in [6.45, 7) is 2.16. The molecule has 4 heteroatoms. The molecule has 1 saturated carbocycles. The minimum absolute atomic E-state index is 0.142. The lowest BCUT2D eigenvalue weighted by molar-refractivity contribution is -0.140. The van der Waals surface area contributed by atoms with Crippen LogP contribution in [0.15, 0.2) is 0 Å². The Balaban J connectivity index is 2.27. The number of carbonyl (C=O) groups excluding carboxylic acids is 2. The predicted molar refractivity (Wildman–Crippen MR) is 81.9 cm³/mol. The Morgan fingerprint density at radius 3 is 2.76 bits per heavy atom. The average molecular weight is 298 g/mol. The zero-order chi connectivity index (χ0) is 15.7. The highest BCUT2D eigenvalue weighted by atomic mass is 16.5. The van der Waals surface area contributed by atoms with Gasteiger partial charge in [-0.15, -0.1) is 0 Å². The maximum atomic E-state index is 12.0. The van der Waals surface area contributed by atoms with Crippen LogP contribution in [0.3, 0.4) is 0 Å². The second-order valence-corrected chi connectivity index (χ2v) is 6.18. The fourth-order valence-electron chi connectivity index (χ4n) is 3.34. The maximum absolute atomic E-state index is 12.0. The molecule has 0 amide bonds. The predicted octanol–water partition coefficient (Wildman–Crippen LogP) is 3.26. The van der Waals surface area contributed by atoms with Crippen LogP contribution in [-0.4, -0.2) is 30.1 Å². The Kier molecular flexibility index (Phi) is 8.58. The van der Waals surface area contributed by atoms with E-state index in [-0.39, 0.29) is 17.7 Å². The van der Waals surface area contributed by atoms with Crippen LogP contribution in [0, 0.1) is 11.8 Å². The zero-order valence-electron chi connectivity index (χ0n) is 13.5. The third kappa shape index (κ3) is 6.16. The average Bonchev–Trinajstić information content (AvgIpc) is 2.85. The van der Waals surface area contributed by atoms with Crippen LogP contribution in [0.1, 0.15) is 71.1 Å². The quantitative estimate of drug-likeness (QED) is 0.496. The first kappa shape index (κ1) is 18.1. The van der Waals surface area contributed by atoms with Gasteiger partial charge in [0, 0.05) is 18.8 Å². The highest BCUT2D eigenvalue weighted by molar-refractivity contribution is 5.83. The molecule has 1 rings (SSSR count). The van der Waals surface area contributed by atoms with Crippen LogP contribution in [-0.2, 0) is 14.3 Å². The number of aliphatic hydroxyl groups is 1. The molecule has 0 aromatic carbocycles. The van der Waals surface area contributed by atoms with E-state index in [1.165, 1.54) is 7.11 Å². The van der Waals surface area contributed by atoms with Gasteiger partial charge in [0.1, 0.15) is 5.78 Å². The third-order valence-corrected chi connectivity index (χ3v) is 4.59. The topological polar surface area (TPSA) is 63.6 Å². The van der Waals surface area contributed by atoms with Gasteiger partial charge >= 0.3 is 5.97 Å². The summed E-state index contributed by atoms with van der Waals surface area (Å²) >= 11 is 0. The number of methoxy groups -OCH3 is 1. The fraction of sp³-hybridized carbons (Fsp3) is 0.882. The molecule has 21 heavy (non-hydrogen) atoms. The Labute approximate surface area is 128 Å². The Morgan fingerprint density at radius 2 is 2.10 bits per heavy atom. The first-order valence-corrected chi connectivity index (χ1v) is 8.37. The van der Waals surface area contributed by atoms with E-state index in [1.807, 2.05) is 0 Å². The molecule has 0 aliphatic heterocycles. The molecular weight excluding hydrogens is 268 g/mol. The fourth-order valence-corrected chi connectivity index (χ4v) is 3.34. The summed E-state index contributed by atoms with van der Waals surface area (Å²) in [5.74, 6) is 0.305. The summed E-state index contributed by atoms with van der Waals surface area (Å²) in [5.41, 5.74) is 0. The summed E-state index contributed by atoms with van der Waals surface area (Å²) in [6, 6.07) is 0. The second-order valence-electron chi connectivity index (χ2n) is 6.18. The molecule has 1 fully saturated rings. The van der Waals surface area contributed by atoms with E-state index in [4.69, 9.17) is 0 Å². The van der Waals surface area contributed by atoms with Gasteiger partial charge in [0.05, 0.1) is 13.2 Å². The van der Waals surface area contributed by atoms with E-state index >= 15 is 0 Å². The molecule has 1 aliphatic carbocycles. The van der Waals surface area contributed by atoms with E-state index in [2.05, 4.69) is 11.7 Å². The van der Waals surface area contributed by atoms with Gasteiger partial charge in [0.15, 0.2) is 0 Å². The molecule has 122 valence electrons. The van der Waals surface area contributed by atoms with Crippen LogP contribution in [0.5, 0.6) is 0 Å². The van der Waals surface area contributed by atoms with Crippen molar-refractivity contribution in [3.63, 3.8) is 0 Å². The smallest absolute Gasteiger partial charge is 0.305 e. The molecule has 3 unspecified atom stereocenters. The summed E-state index contributed by atoms with van der Waals surface area (Å²) in [4.78, 5) is 23.0. The Hall–Kier alpha value is -0.900. The minimum atomic E-state index is -0.500. The number of rotatable bonds is 10. The van der Waals surface area contributed by atoms with Crippen molar-refractivity contribution in [1.29, 1.82) is 0 Å². The molecule has 0 bridgehead atoms. The van der Waals surface area contributed by atoms with Crippen molar-refractivity contribution >= 4 is 11.8 Å². The van der Waals surface area contributed by atoms with Crippen molar-refractivity contribution < 1.29 is 19.4 Å². The van der Waals surface area contributed by atoms with Crippen LogP contribution >= 0.6 is 0 Å². The molecule has 0 heterocycles. The van der Waals surface area contributed by atoms with E-state index in [9.17, 15) is 14.7 Å². The Bertz CT molecular complexity index is 327. The normalized spacial score (nSPS) is 23.3. The lowest BCUT2D eigenvalue weighted by atomic mass is 9.84. The number of unbranched alkanes of at least 4 members (excludes halogenated alkanes) is 3. The lowest BCUT2D eigenvalue weighted by Crippen LogP contribution is -2.29. The highest BCUT2D eigenvalue weighted by Crippen LogP contribution is 2.36. The second kappa shape index (κ2) is 9.93. The maximum Gasteiger partial charge on any atom is 0.305 e. The number of ether oxygens (including phenoxy) is 1. The summed E-state index contributed by atoms with van der Waals surface area (Å²) in [7, 11) is 1.40. The molecule has 0 spiro atoms. The molecule has 0 radical (unpaired) electrons. The lowest BCUT2D eigenvalue weighted by Gasteiger charge is -2.23. The van der Waals surface area contributed by atoms with Gasteiger partial charge in [-0.2, -0.15) is 0 Å². The monoisotopic (exact) mass is 298 g/mol. The summed E-state index contributed by atoms with van der Waals surface area (Å²) in [6.07, 6.45) is 8.08.